The molecule has 0 bridgehead atoms. The highest BCUT2D eigenvalue weighted by atomic mass is 32.1. The molecule has 1 aliphatic heterocycles. The summed E-state index contributed by atoms with van der Waals surface area (Å²) < 4.78 is 0. The highest BCUT2D eigenvalue weighted by Crippen LogP contribution is 2.24. The molecule has 2 atom stereocenters. The fourth-order valence-electron chi connectivity index (χ4n) is 2.49. The molecule has 2 unspecified atom stereocenters. The van der Waals surface area contributed by atoms with Crippen LogP contribution in [0.3, 0.4) is 0 Å². The lowest BCUT2D eigenvalue weighted by molar-refractivity contribution is -0.157. The summed E-state index contributed by atoms with van der Waals surface area (Å²) in [4.78, 5) is 25.5. The van der Waals surface area contributed by atoms with Crippen molar-refractivity contribution >= 4 is 23.3 Å². The molecule has 1 fully saturated rings. The van der Waals surface area contributed by atoms with Gasteiger partial charge in [0.05, 0.1) is 11.8 Å². The number of nitrogens with zero attached hydrogens (tertiary/aromatic N) is 1. The largest absolute Gasteiger partial charge is 0.481 e. The number of carboxylic acids is 2. The van der Waals surface area contributed by atoms with Gasteiger partial charge in [-0.2, -0.15) is 0 Å². The number of carbonyl (C=O) groups is 2. The van der Waals surface area contributed by atoms with E-state index in [9.17, 15) is 9.59 Å². The molecule has 1 aliphatic rings. The van der Waals surface area contributed by atoms with Gasteiger partial charge in [0.1, 0.15) is 0 Å². The van der Waals surface area contributed by atoms with E-state index in [1.807, 2.05) is 11.4 Å². The van der Waals surface area contributed by atoms with Crippen molar-refractivity contribution in [3.63, 3.8) is 0 Å². The van der Waals surface area contributed by atoms with Crippen LogP contribution >= 0.6 is 11.3 Å². The molecule has 2 heterocycles. The van der Waals surface area contributed by atoms with Gasteiger partial charge in [0.15, 0.2) is 0 Å². The minimum Gasteiger partial charge on any atom is -0.481 e. The van der Waals surface area contributed by atoms with Gasteiger partial charge in [-0.15, -0.1) is 11.3 Å². The van der Waals surface area contributed by atoms with E-state index in [-0.39, 0.29) is 0 Å². The molecular weight excluding hydrogens is 266 g/mol. The van der Waals surface area contributed by atoms with Crippen LogP contribution in [0.2, 0.25) is 0 Å². The second-order valence-electron chi connectivity index (χ2n) is 4.81. The van der Waals surface area contributed by atoms with Crippen LogP contribution in [0.15, 0.2) is 17.5 Å². The maximum atomic E-state index is 11.2. The highest BCUT2D eigenvalue weighted by Gasteiger charge is 2.38. The Morgan fingerprint density at radius 2 is 2.05 bits per heavy atom. The Morgan fingerprint density at radius 1 is 1.32 bits per heavy atom. The van der Waals surface area contributed by atoms with Gasteiger partial charge in [-0.05, 0) is 30.8 Å². The van der Waals surface area contributed by atoms with E-state index in [4.69, 9.17) is 10.2 Å². The fourth-order valence-corrected chi connectivity index (χ4v) is 3.19. The Morgan fingerprint density at radius 3 is 2.63 bits per heavy atom. The molecule has 0 amide bonds. The lowest BCUT2D eigenvalue weighted by Crippen LogP contribution is -2.46. The Hall–Kier alpha value is -1.40. The highest BCUT2D eigenvalue weighted by molar-refractivity contribution is 7.09. The van der Waals surface area contributed by atoms with Crippen molar-refractivity contribution < 1.29 is 19.8 Å². The van der Waals surface area contributed by atoms with Crippen LogP contribution in [0.1, 0.15) is 11.3 Å². The Kier molecular flexibility index (Phi) is 4.55. The van der Waals surface area contributed by atoms with E-state index < -0.39 is 23.8 Å². The Labute approximate surface area is 115 Å². The number of thiophene rings is 1. The van der Waals surface area contributed by atoms with Crippen molar-refractivity contribution in [3.8, 4) is 0 Å². The maximum Gasteiger partial charge on any atom is 0.308 e. The number of aliphatic carboxylic acids is 2. The third kappa shape index (κ3) is 3.54. The quantitative estimate of drug-likeness (QED) is 0.854. The lowest BCUT2D eigenvalue weighted by atomic mass is 9.85. The molecule has 1 aromatic heterocycles. The summed E-state index contributed by atoms with van der Waals surface area (Å²) in [6.07, 6.45) is 1.30. The first kappa shape index (κ1) is 14.0. The van der Waals surface area contributed by atoms with E-state index in [0.717, 1.165) is 13.0 Å². The molecule has 2 N–H and O–H groups in total. The standard InChI is InChI=1S/C13H17NO4S/c15-12(16)10-4-6-14(8-11(10)13(17)18)5-3-9-2-1-7-19-9/h1-2,7,10-11H,3-6,8H2,(H,15,16)(H,17,18). The first-order valence-corrected chi connectivity index (χ1v) is 7.16. The van der Waals surface area contributed by atoms with E-state index in [2.05, 4.69) is 11.0 Å². The van der Waals surface area contributed by atoms with Gasteiger partial charge >= 0.3 is 11.9 Å². The van der Waals surface area contributed by atoms with Crippen molar-refractivity contribution in [1.82, 2.24) is 4.90 Å². The minimum atomic E-state index is -1.01. The van der Waals surface area contributed by atoms with E-state index in [1.165, 1.54) is 4.88 Å². The molecule has 0 aliphatic carbocycles. The number of piperidine rings is 1. The Balaban J connectivity index is 1.91. The molecule has 5 nitrogen and oxygen atoms in total. The van der Waals surface area contributed by atoms with Crippen molar-refractivity contribution in [2.45, 2.75) is 12.8 Å². The number of rotatable bonds is 5. The average molecular weight is 283 g/mol. The van der Waals surface area contributed by atoms with Crippen LogP contribution in [0, 0.1) is 11.8 Å². The second kappa shape index (κ2) is 6.16. The first-order valence-electron chi connectivity index (χ1n) is 6.28. The summed E-state index contributed by atoms with van der Waals surface area (Å²) in [5, 5.41) is 20.2. The van der Waals surface area contributed by atoms with Gasteiger partial charge < -0.3 is 15.1 Å². The third-order valence-corrected chi connectivity index (χ3v) is 4.52. The molecule has 0 radical (unpaired) electrons. The summed E-state index contributed by atoms with van der Waals surface area (Å²) in [6, 6.07) is 4.06. The van der Waals surface area contributed by atoms with Gasteiger partial charge in [0.25, 0.3) is 0 Å². The molecule has 19 heavy (non-hydrogen) atoms. The summed E-state index contributed by atoms with van der Waals surface area (Å²) in [5.74, 6) is -3.55. The van der Waals surface area contributed by atoms with Crippen molar-refractivity contribution in [1.29, 1.82) is 0 Å². The zero-order valence-corrected chi connectivity index (χ0v) is 11.3. The monoisotopic (exact) mass is 283 g/mol. The summed E-state index contributed by atoms with van der Waals surface area (Å²) >= 11 is 1.69. The molecule has 2 rings (SSSR count). The number of hydrogen-bond acceptors (Lipinski definition) is 4. The van der Waals surface area contributed by atoms with Crippen LogP contribution in [-0.2, 0) is 16.0 Å². The van der Waals surface area contributed by atoms with Crippen LogP contribution in [-0.4, -0.2) is 46.7 Å². The van der Waals surface area contributed by atoms with Crippen LogP contribution < -0.4 is 0 Å². The molecule has 0 saturated carbocycles. The van der Waals surface area contributed by atoms with Crippen molar-refractivity contribution in [2.75, 3.05) is 19.6 Å². The molecule has 1 saturated heterocycles. The average Bonchev–Trinajstić information content (AvgIpc) is 2.88. The molecule has 1 aromatic rings. The number of likely N-dealkylation sites (tertiary alicyclic amines) is 1. The van der Waals surface area contributed by atoms with Crippen LogP contribution in [0.25, 0.3) is 0 Å². The van der Waals surface area contributed by atoms with Crippen molar-refractivity contribution in [3.05, 3.63) is 22.4 Å². The predicted molar refractivity (Wildman–Crippen MR) is 71.3 cm³/mol. The number of hydrogen-bond donors (Lipinski definition) is 2. The van der Waals surface area contributed by atoms with Crippen LogP contribution in [0.5, 0.6) is 0 Å². The van der Waals surface area contributed by atoms with E-state index in [1.54, 1.807) is 11.3 Å². The van der Waals surface area contributed by atoms with Gasteiger partial charge in [-0.3, -0.25) is 9.59 Å². The topological polar surface area (TPSA) is 77.8 Å². The molecule has 6 heteroatoms. The number of carboxylic acid groups (broad SMARTS) is 2. The summed E-state index contributed by atoms with van der Waals surface area (Å²) in [7, 11) is 0. The Bertz CT molecular complexity index is 446. The lowest BCUT2D eigenvalue weighted by Gasteiger charge is -2.34. The van der Waals surface area contributed by atoms with Crippen molar-refractivity contribution in [2.24, 2.45) is 11.8 Å². The van der Waals surface area contributed by atoms with Gasteiger partial charge in [-0.25, -0.2) is 0 Å². The zero-order chi connectivity index (χ0) is 13.8. The first-order chi connectivity index (χ1) is 9.08. The summed E-state index contributed by atoms with van der Waals surface area (Å²) in [6.45, 7) is 1.78. The van der Waals surface area contributed by atoms with Gasteiger partial charge in [-0.1, -0.05) is 6.07 Å². The smallest absolute Gasteiger partial charge is 0.308 e. The predicted octanol–water partition coefficient (Wildman–Crippen LogP) is 1.40. The molecular formula is C13H17NO4S. The van der Waals surface area contributed by atoms with Gasteiger partial charge in [0, 0.05) is 18.0 Å². The molecule has 0 spiro atoms. The van der Waals surface area contributed by atoms with E-state index in [0.29, 0.717) is 19.5 Å². The second-order valence-corrected chi connectivity index (χ2v) is 5.84. The summed E-state index contributed by atoms with van der Waals surface area (Å²) in [5.41, 5.74) is 0. The fraction of sp³-hybridized carbons (Fsp3) is 0.538. The zero-order valence-electron chi connectivity index (χ0n) is 10.5. The molecule has 104 valence electrons. The normalized spacial score (nSPS) is 24.2. The van der Waals surface area contributed by atoms with E-state index >= 15 is 0 Å². The maximum absolute atomic E-state index is 11.2. The molecule has 0 aromatic carbocycles. The third-order valence-electron chi connectivity index (χ3n) is 3.59. The SMILES string of the molecule is O=C(O)C1CCN(CCc2cccs2)CC1C(=O)O. The van der Waals surface area contributed by atoms with Gasteiger partial charge in [0.2, 0.25) is 0 Å². The minimum absolute atomic E-state index is 0.331. The van der Waals surface area contributed by atoms with Crippen LogP contribution in [0.4, 0.5) is 0 Å².